The number of anilines is 1. The number of pyridine rings is 1. The molecule has 0 unspecified atom stereocenters. The summed E-state index contributed by atoms with van der Waals surface area (Å²) in [5.41, 5.74) is 1.69. The fraction of sp³-hybridized carbons (Fsp3) is 0.235. The molecule has 0 aliphatic carbocycles. The SMILES string of the molecule is CN(C)Cc1cc(CNC(=O)C(=O)Nc2cccnc2)ccc1F. The molecular weight excluding hydrogens is 311 g/mol. The molecule has 0 spiro atoms. The number of aromatic nitrogens is 1. The second-order valence-electron chi connectivity index (χ2n) is 5.54. The van der Waals surface area contributed by atoms with Gasteiger partial charge in [0.25, 0.3) is 0 Å². The molecule has 7 heteroatoms. The lowest BCUT2D eigenvalue weighted by molar-refractivity contribution is -0.136. The Morgan fingerprint density at radius 1 is 1.21 bits per heavy atom. The fourth-order valence-corrected chi connectivity index (χ4v) is 2.09. The molecule has 0 aliphatic rings. The van der Waals surface area contributed by atoms with Gasteiger partial charge in [-0.25, -0.2) is 4.39 Å². The highest BCUT2D eigenvalue weighted by Crippen LogP contribution is 2.12. The molecule has 0 saturated carbocycles. The van der Waals surface area contributed by atoms with Crippen molar-refractivity contribution in [2.45, 2.75) is 13.1 Å². The quantitative estimate of drug-likeness (QED) is 0.816. The number of hydrogen-bond donors (Lipinski definition) is 2. The van der Waals surface area contributed by atoms with Crippen molar-refractivity contribution >= 4 is 17.5 Å². The molecule has 2 rings (SSSR count). The molecular formula is C17H19FN4O2. The number of amides is 2. The Bertz CT molecular complexity index is 720. The van der Waals surface area contributed by atoms with Crippen LogP contribution in [0.5, 0.6) is 0 Å². The molecule has 0 fully saturated rings. The minimum atomic E-state index is -0.779. The van der Waals surface area contributed by atoms with Crippen molar-refractivity contribution in [1.82, 2.24) is 15.2 Å². The van der Waals surface area contributed by atoms with E-state index in [1.54, 1.807) is 30.5 Å². The molecule has 1 heterocycles. The Kier molecular flexibility index (Phi) is 5.97. The lowest BCUT2D eigenvalue weighted by atomic mass is 10.1. The third-order valence-electron chi connectivity index (χ3n) is 3.18. The van der Waals surface area contributed by atoms with Gasteiger partial charge in [-0.2, -0.15) is 0 Å². The second kappa shape index (κ2) is 8.16. The lowest BCUT2D eigenvalue weighted by Gasteiger charge is -2.12. The summed E-state index contributed by atoms with van der Waals surface area (Å²) >= 11 is 0. The van der Waals surface area contributed by atoms with Gasteiger partial charge in [-0.1, -0.05) is 6.07 Å². The van der Waals surface area contributed by atoms with Crippen molar-refractivity contribution < 1.29 is 14.0 Å². The molecule has 0 radical (unpaired) electrons. The van der Waals surface area contributed by atoms with Crippen LogP contribution in [0.2, 0.25) is 0 Å². The number of benzene rings is 1. The molecule has 0 saturated heterocycles. The van der Waals surface area contributed by atoms with Gasteiger partial charge in [-0.15, -0.1) is 0 Å². The van der Waals surface area contributed by atoms with Crippen LogP contribution in [0.4, 0.5) is 10.1 Å². The minimum Gasteiger partial charge on any atom is -0.344 e. The van der Waals surface area contributed by atoms with Crippen LogP contribution in [-0.4, -0.2) is 35.8 Å². The molecule has 6 nitrogen and oxygen atoms in total. The zero-order valence-corrected chi connectivity index (χ0v) is 13.5. The van der Waals surface area contributed by atoms with Crippen molar-refractivity contribution in [2.75, 3.05) is 19.4 Å². The summed E-state index contributed by atoms with van der Waals surface area (Å²) in [4.78, 5) is 29.3. The third kappa shape index (κ3) is 5.13. The smallest absolute Gasteiger partial charge is 0.313 e. The highest BCUT2D eigenvalue weighted by Gasteiger charge is 2.14. The topological polar surface area (TPSA) is 74.3 Å². The minimum absolute atomic E-state index is 0.139. The number of halogens is 1. The molecule has 0 aliphatic heterocycles. The first-order valence-electron chi connectivity index (χ1n) is 7.37. The summed E-state index contributed by atoms with van der Waals surface area (Å²) in [6.45, 7) is 0.592. The summed E-state index contributed by atoms with van der Waals surface area (Å²) in [5, 5.41) is 4.96. The van der Waals surface area contributed by atoms with Gasteiger partial charge >= 0.3 is 11.8 Å². The van der Waals surface area contributed by atoms with Gasteiger partial charge in [0, 0.05) is 24.8 Å². The van der Waals surface area contributed by atoms with E-state index in [0.717, 1.165) is 5.56 Å². The van der Waals surface area contributed by atoms with E-state index in [2.05, 4.69) is 15.6 Å². The van der Waals surface area contributed by atoms with Crippen LogP contribution < -0.4 is 10.6 Å². The van der Waals surface area contributed by atoms with Crippen LogP contribution in [0.3, 0.4) is 0 Å². The first kappa shape index (κ1) is 17.6. The van der Waals surface area contributed by atoms with Crippen molar-refractivity contribution in [3.8, 4) is 0 Å². The van der Waals surface area contributed by atoms with E-state index in [-0.39, 0.29) is 12.4 Å². The molecule has 0 atom stereocenters. The van der Waals surface area contributed by atoms with Crippen LogP contribution in [0.15, 0.2) is 42.7 Å². The van der Waals surface area contributed by atoms with Gasteiger partial charge in [0.2, 0.25) is 0 Å². The zero-order chi connectivity index (χ0) is 17.5. The first-order valence-corrected chi connectivity index (χ1v) is 7.37. The van der Waals surface area contributed by atoms with Crippen LogP contribution in [-0.2, 0) is 22.7 Å². The van der Waals surface area contributed by atoms with Crippen molar-refractivity contribution in [3.63, 3.8) is 0 Å². The number of rotatable bonds is 5. The zero-order valence-electron chi connectivity index (χ0n) is 13.5. The Balaban J connectivity index is 1.92. The number of hydrogen-bond acceptors (Lipinski definition) is 4. The van der Waals surface area contributed by atoms with Gasteiger partial charge in [-0.05, 0) is 43.9 Å². The van der Waals surface area contributed by atoms with Gasteiger partial charge < -0.3 is 15.5 Å². The van der Waals surface area contributed by atoms with Crippen molar-refractivity contribution in [1.29, 1.82) is 0 Å². The summed E-state index contributed by atoms with van der Waals surface area (Å²) in [5.74, 6) is -1.84. The average molecular weight is 330 g/mol. The van der Waals surface area contributed by atoms with E-state index in [0.29, 0.717) is 17.8 Å². The highest BCUT2D eigenvalue weighted by atomic mass is 19.1. The molecule has 1 aromatic carbocycles. The first-order chi connectivity index (χ1) is 11.5. The molecule has 2 amide bonds. The Morgan fingerprint density at radius 2 is 2.00 bits per heavy atom. The van der Waals surface area contributed by atoms with Crippen LogP contribution in [0.1, 0.15) is 11.1 Å². The normalized spacial score (nSPS) is 10.5. The summed E-state index contributed by atoms with van der Waals surface area (Å²) in [6, 6.07) is 7.89. The van der Waals surface area contributed by atoms with Crippen LogP contribution in [0.25, 0.3) is 0 Å². The van der Waals surface area contributed by atoms with E-state index in [9.17, 15) is 14.0 Å². The van der Waals surface area contributed by atoms with Gasteiger partial charge in [0.15, 0.2) is 0 Å². The van der Waals surface area contributed by atoms with E-state index < -0.39 is 11.8 Å². The number of carbonyl (C=O) groups excluding carboxylic acids is 2. The van der Waals surface area contributed by atoms with E-state index in [4.69, 9.17) is 0 Å². The van der Waals surface area contributed by atoms with Gasteiger partial charge in [0.1, 0.15) is 5.82 Å². The Labute approximate surface area is 139 Å². The Hall–Kier alpha value is -2.80. The number of nitrogens with one attached hydrogen (secondary N) is 2. The molecule has 2 N–H and O–H groups in total. The van der Waals surface area contributed by atoms with E-state index in [1.165, 1.54) is 12.3 Å². The van der Waals surface area contributed by atoms with Crippen molar-refractivity contribution in [3.05, 3.63) is 59.7 Å². The Morgan fingerprint density at radius 3 is 2.67 bits per heavy atom. The molecule has 2 aromatic rings. The maximum atomic E-state index is 13.7. The van der Waals surface area contributed by atoms with E-state index in [1.807, 2.05) is 19.0 Å². The monoisotopic (exact) mass is 330 g/mol. The van der Waals surface area contributed by atoms with Gasteiger partial charge in [0.05, 0.1) is 11.9 Å². The molecule has 126 valence electrons. The molecule has 1 aromatic heterocycles. The molecule has 24 heavy (non-hydrogen) atoms. The van der Waals surface area contributed by atoms with Crippen LogP contribution in [0, 0.1) is 5.82 Å². The average Bonchev–Trinajstić information content (AvgIpc) is 2.55. The summed E-state index contributed by atoms with van der Waals surface area (Å²) in [7, 11) is 3.69. The molecule has 0 bridgehead atoms. The highest BCUT2D eigenvalue weighted by molar-refractivity contribution is 6.39. The number of nitrogens with zero attached hydrogens (tertiary/aromatic N) is 2. The second-order valence-corrected chi connectivity index (χ2v) is 5.54. The fourth-order valence-electron chi connectivity index (χ4n) is 2.09. The largest absolute Gasteiger partial charge is 0.344 e. The van der Waals surface area contributed by atoms with E-state index >= 15 is 0 Å². The lowest BCUT2D eigenvalue weighted by Crippen LogP contribution is -2.35. The third-order valence-corrected chi connectivity index (χ3v) is 3.18. The van der Waals surface area contributed by atoms with Crippen LogP contribution >= 0.6 is 0 Å². The number of carbonyl (C=O) groups is 2. The predicted octanol–water partition coefficient (Wildman–Crippen LogP) is 1.54. The summed E-state index contributed by atoms with van der Waals surface area (Å²) < 4.78 is 13.7. The van der Waals surface area contributed by atoms with Gasteiger partial charge in [-0.3, -0.25) is 14.6 Å². The van der Waals surface area contributed by atoms with Crippen molar-refractivity contribution in [2.24, 2.45) is 0 Å². The maximum absolute atomic E-state index is 13.7. The predicted molar refractivity (Wildman–Crippen MR) is 88.5 cm³/mol. The standard InChI is InChI=1S/C17H19FN4O2/c1-22(2)11-13-8-12(5-6-15(13)18)9-20-16(23)17(24)21-14-4-3-7-19-10-14/h3-8,10H,9,11H2,1-2H3,(H,20,23)(H,21,24). The summed E-state index contributed by atoms with van der Waals surface area (Å²) in [6.07, 6.45) is 3.01. The maximum Gasteiger partial charge on any atom is 0.313 e.